The molecule has 0 aromatic heterocycles. The number of hydrogen-bond acceptors (Lipinski definition) is 3. The number of carbonyl (C=O) groups excluding carboxylic acids is 1. The van der Waals surface area contributed by atoms with E-state index in [2.05, 4.69) is 10.6 Å². The Morgan fingerprint density at radius 2 is 2.41 bits per heavy atom. The molecule has 2 N–H and O–H groups in total. The van der Waals surface area contributed by atoms with Crippen molar-refractivity contribution in [2.75, 3.05) is 25.1 Å². The quantitative estimate of drug-likeness (QED) is 0.843. The third kappa shape index (κ3) is 3.15. The lowest BCUT2D eigenvalue weighted by Crippen LogP contribution is -2.48. The summed E-state index contributed by atoms with van der Waals surface area (Å²) < 4.78 is 18.3. The predicted molar refractivity (Wildman–Crippen MR) is 62.6 cm³/mol. The number of ether oxygens (including phenoxy) is 1. The number of benzene rings is 1. The number of morpholine rings is 1. The molecule has 92 valence electrons. The fourth-order valence-electron chi connectivity index (χ4n) is 1.54. The topological polar surface area (TPSA) is 50.4 Å². The number of nitrogens with one attached hydrogen (secondary N) is 2. The first-order chi connectivity index (χ1) is 8.16. The van der Waals surface area contributed by atoms with Gasteiger partial charge in [-0.15, -0.1) is 0 Å². The second-order valence-electron chi connectivity index (χ2n) is 3.70. The van der Waals surface area contributed by atoms with Gasteiger partial charge in [0, 0.05) is 12.2 Å². The zero-order chi connectivity index (χ0) is 12.3. The van der Waals surface area contributed by atoms with Gasteiger partial charge < -0.3 is 15.4 Å². The maximum Gasteiger partial charge on any atom is 0.243 e. The van der Waals surface area contributed by atoms with Gasteiger partial charge >= 0.3 is 0 Å². The second kappa shape index (κ2) is 5.44. The average molecular weight is 259 g/mol. The van der Waals surface area contributed by atoms with E-state index in [0.29, 0.717) is 25.4 Å². The molecule has 1 heterocycles. The van der Waals surface area contributed by atoms with Crippen LogP contribution in [0.1, 0.15) is 0 Å². The molecule has 1 aliphatic heterocycles. The lowest BCUT2D eigenvalue weighted by Gasteiger charge is -2.22. The van der Waals surface area contributed by atoms with Crippen molar-refractivity contribution in [2.24, 2.45) is 0 Å². The Morgan fingerprint density at radius 1 is 1.59 bits per heavy atom. The average Bonchev–Trinajstić information content (AvgIpc) is 2.35. The van der Waals surface area contributed by atoms with Crippen molar-refractivity contribution in [3.05, 3.63) is 29.0 Å². The molecular formula is C11H12ClFN2O2. The monoisotopic (exact) mass is 258 g/mol. The number of amides is 1. The third-order valence-corrected chi connectivity index (χ3v) is 2.73. The third-order valence-electron chi connectivity index (χ3n) is 2.43. The lowest BCUT2D eigenvalue weighted by atomic mass is 10.2. The molecule has 4 nitrogen and oxygen atoms in total. The van der Waals surface area contributed by atoms with Crippen LogP contribution in [0.4, 0.5) is 10.1 Å². The van der Waals surface area contributed by atoms with E-state index in [4.69, 9.17) is 16.3 Å². The van der Waals surface area contributed by atoms with Gasteiger partial charge in [-0.3, -0.25) is 4.79 Å². The van der Waals surface area contributed by atoms with Crippen LogP contribution in [0, 0.1) is 5.82 Å². The van der Waals surface area contributed by atoms with Gasteiger partial charge in [0.2, 0.25) is 5.91 Å². The minimum atomic E-state index is -0.558. The molecule has 0 aliphatic carbocycles. The molecule has 0 saturated carbocycles. The molecule has 1 aromatic carbocycles. The number of hydrogen-bond donors (Lipinski definition) is 2. The Kier molecular flexibility index (Phi) is 3.93. The highest BCUT2D eigenvalue weighted by Gasteiger charge is 2.21. The molecule has 6 heteroatoms. The van der Waals surface area contributed by atoms with E-state index in [-0.39, 0.29) is 10.9 Å². The van der Waals surface area contributed by atoms with Crippen molar-refractivity contribution in [2.45, 2.75) is 6.04 Å². The molecule has 1 amide bonds. The van der Waals surface area contributed by atoms with Crippen molar-refractivity contribution in [3.63, 3.8) is 0 Å². The molecule has 1 fully saturated rings. The van der Waals surface area contributed by atoms with Crippen LogP contribution in [0.3, 0.4) is 0 Å². The summed E-state index contributed by atoms with van der Waals surface area (Å²) in [4.78, 5) is 11.8. The fraction of sp³-hybridized carbons (Fsp3) is 0.364. The van der Waals surface area contributed by atoms with Gasteiger partial charge in [-0.25, -0.2) is 4.39 Å². The van der Waals surface area contributed by atoms with E-state index in [1.165, 1.54) is 12.1 Å². The first-order valence-corrected chi connectivity index (χ1v) is 5.61. The first kappa shape index (κ1) is 12.3. The van der Waals surface area contributed by atoms with Gasteiger partial charge in [0.15, 0.2) is 0 Å². The summed E-state index contributed by atoms with van der Waals surface area (Å²) in [5.41, 5.74) is 0.379. The van der Waals surface area contributed by atoms with E-state index in [9.17, 15) is 9.18 Å². The van der Waals surface area contributed by atoms with Crippen LogP contribution in [0.25, 0.3) is 0 Å². The molecule has 0 bridgehead atoms. The van der Waals surface area contributed by atoms with Gasteiger partial charge in [0.1, 0.15) is 11.9 Å². The Hall–Kier alpha value is -1.17. The van der Waals surface area contributed by atoms with E-state index in [1.807, 2.05) is 0 Å². The Labute approximate surface area is 103 Å². The minimum absolute atomic E-state index is 0.0297. The normalized spacial score (nSPS) is 20.0. The maximum absolute atomic E-state index is 13.1. The molecule has 1 unspecified atom stereocenters. The number of carbonyl (C=O) groups is 1. The fourth-order valence-corrected chi connectivity index (χ4v) is 1.65. The summed E-state index contributed by atoms with van der Waals surface area (Å²) in [5.74, 6) is -0.802. The van der Waals surface area contributed by atoms with E-state index in [0.717, 1.165) is 0 Å². The highest BCUT2D eigenvalue weighted by Crippen LogP contribution is 2.18. The van der Waals surface area contributed by atoms with Gasteiger partial charge in [-0.1, -0.05) is 11.6 Å². The summed E-state index contributed by atoms with van der Waals surface area (Å²) in [6.45, 7) is 1.55. The highest BCUT2D eigenvalue weighted by atomic mass is 35.5. The molecule has 1 aromatic rings. The van der Waals surface area contributed by atoms with E-state index < -0.39 is 11.9 Å². The standard InChI is InChI=1S/C11H12ClFN2O2/c12-8-2-1-7(5-9(8)13)15-11(16)10-6-17-4-3-14-10/h1-2,5,10,14H,3-4,6H2,(H,15,16). The van der Waals surface area contributed by atoms with Crippen molar-refractivity contribution in [3.8, 4) is 0 Å². The molecule has 0 radical (unpaired) electrons. The van der Waals surface area contributed by atoms with Crippen LogP contribution in [0.5, 0.6) is 0 Å². The maximum atomic E-state index is 13.1. The molecule has 1 aliphatic rings. The zero-order valence-electron chi connectivity index (χ0n) is 9.00. The molecule has 2 rings (SSSR count). The van der Waals surface area contributed by atoms with Crippen molar-refractivity contribution < 1.29 is 13.9 Å². The van der Waals surface area contributed by atoms with Crippen LogP contribution in [0.2, 0.25) is 5.02 Å². The molecule has 1 saturated heterocycles. The van der Waals surface area contributed by atoms with Crippen molar-refractivity contribution in [1.82, 2.24) is 5.32 Å². The minimum Gasteiger partial charge on any atom is -0.378 e. The van der Waals surface area contributed by atoms with Crippen molar-refractivity contribution in [1.29, 1.82) is 0 Å². The first-order valence-electron chi connectivity index (χ1n) is 5.24. The van der Waals surface area contributed by atoms with Crippen molar-refractivity contribution >= 4 is 23.2 Å². The van der Waals surface area contributed by atoms with Gasteiger partial charge in [0.05, 0.1) is 18.2 Å². The molecular weight excluding hydrogens is 247 g/mol. The van der Waals surface area contributed by atoms with E-state index in [1.54, 1.807) is 6.07 Å². The highest BCUT2D eigenvalue weighted by molar-refractivity contribution is 6.30. The number of rotatable bonds is 2. The van der Waals surface area contributed by atoms with Crippen LogP contribution < -0.4 is 10.6 Å². The van der Waals surface area contributed by atoms with Gasteiger partial charge in [-0.2, -0.15) is 0 Å². The second-order valence-corrected chi connectivity index (χ2v) is 4.11. The SMILES string of the molecule is O=C(Nc1ccc(Cl)c(F)c1)C1COCCN1. The summed E-state index contributed by atoms with van der Waals surface area (Å²) in [6.07, 6.45) is 0. The van der Waals surface area contributed by atoms with E-state index >= 15 is 0 Å². The predicted octanol–water partition coefficient (Wildman–Crippen LogP) is 1.41. The Morgan fingerprint density at radius 3 is 3.06 bits per heavy atom. The smallest absolute Gasteiger partial charge is 0.243 e. The summed E-state index contributed by atoms with van der Waals surface area (Å²) in [5, 5.41) is 5.64. The van der Waals surface area contributed by atoms with Gasteiger partial charge in [0.25, 0.3) is 0 Å². The Balaban J connectivity index is 1.99. The number of anilines is 1. The van der Waals surface area contributed by atoms with Crippen LogP contribution in [-0.2, 0) is 9.53 Å². The lowest BCUT2D eigenvalue weighted by molar-refractivity contribution is -0.120. The molecule has 17 heavy (non-hydrogen) atoms. The zero-order valence-corrected chi connectivity index (χ0v) is 9.76. The molecule has 1 atom stereocenters. The molecule has 0 spiro atoms. The van der Waals surface area contributed by atoms with Crippen LogP contribution in [-0.4, -0.2) is 31.7 Å². The summed E-state index contributed by atoms with van der Waals surface area (Å²) >= 11 is 5.55. The van der Waals surface area contributed by atoms with Gasteiger partial charge in [-0.05, 0) is 18.2 Å². The number of halogens is 2. The summed E-state index contributed by atoms with van der Waals surface area (Å²) in [7, 11) is 0. The Bertz CT molecular complexity index is 422. The van der Waals surface area contributed by atoms with Crippen LogP contribution in [0.15, 0.2) is 18.2 Å². The van der Waals surface area contributed by atoms with Crippen LogP contribution >= 0.6 is 11.6 Å². The summed E-state index contributed by atoms with van der Waals surface area (Å²) in [6, 6.07) is 3.73. The largest absolute Gasteiger partial charge is 0.378 e.